The van der Waals surface area contributed by atoms with Crippen LogP contribution in [-0.4, -0.2) is 36.7 Å². The van der Waals surface area contributed by atoms with Gasteiger partial charge in [0, 0.05) is 13.1 Å². The number of nitrogens with two attached hydrogens (primary N) is 1. The van der Waals surface area contributed by atoms with Gasteiger partial charge >= 0.3 is 0 Å². The number of methoxy groups -OCH3 is 1. The number of hydrogen-bond donors (Lipinski definition) is 1. The van der Waals surface area contributed by atoms with Crippen molar-refractivity contribution >= 4 is 5.82 Å². The van der Waals surface area contributed by atoms with Crippen LogP contribution in [0.2, 0.25) is 0 Å². The standard InChI is InChI=1S/C11H20N4O/c1-4-15(8-9(2)5-12)10-6-13-7-11(14-10)16-3/h6-7,9H,4-5,8,12H2,1-3H3. The van der Waals surface area contributed by atoms with E-state index in [1.807, 2.05) is 0 Å². The minimum atomic E-state index is 0.438. The highest BCUT2D eigenvalue weighted by Crippen LogP contribution is 2.14. The van der Waals surface area contributed by atoms with Crippen LogP contribution in [0.15, 0.2) is 12.4 Å². The normalized spacial score (nSPS) is 12.2. The molecule has 0 radical (unpaired) electrons. The molecular weight excluding hydrogens is 204 g/mol. The van der Waals surface area contributed by atoms with E-state index in [-0.39, 0.29) is 0 Å². The topological polar surface area (TPSA) is 64.3 Å². The lowest BCUT2D eigenvalue weighted by molar-refractivity contribution is 0.395. The van der Waals surface area contributed by atoms with Crippen molar-refractivity contribution in [3.63, 3.8) is 0 Å². The quantitative estimate of drug-likeness (QED) is 0.778. The van der Waals surface area contributed by atoms with Gasteiger partial charge in [-0.2, -0.15) is 4.98 Å². The summed E-state index contributed by atoms with van der Waals surface area (Å²) in [6, 6.07) is 0. The number of ether oxygens (including phenoxy) is 1. The molecule has 0 amide bonds. The predicted octanol–water partition coefficient (Wildman–Crippen LogP) is 0.906. The minimum absolute atomic E-state index is 0.438. The zero-order valence-electron chi connectivity index (χ0n) is 10.2. The largest absolute Gasteiger partial charge is 0.480 e. The van der Waals surface area contributed by atoms with Gasteiger partial charge in [0.05, 0.1) is 19.5 Å². The van der Waals surface area contributed by atoms with Gasteiger partial charge in [-0.25, -0.2) is 0 Å². The smallest absolute Gasteiger partial charge is 0.233 e. The summed E-state index contributed by atoms with van der Waals surface area (Å²) in [5.41, 5.74) is 5.62. The van der Waals surface area contributed by atoms with E-state index >= 15 is 0 Å². The molecule has 2 N–H and O–H groups in total. The molecule has 0 aliphatic carbocycles. The van der Waals surface area contributed by atoms with Gasteiger partial charge < -0.3 is 15.4 Å². The van der Waals surface area contributed by atoms with Crippen LogP contribution in [-0.2, 0) is 0 Å². The van der Waals surface area contributed by atoms with Gasteiger partial charge in [-0.05, 0) is 19.4 Å². The van der Waals surface area contributed by atoms with Crippen molar-refractivity contribution in [3.8, 4) is 5.88 Å². The Balaban J connectivity index is 2.77. The second-order valence-electron chi connectivity index (χ2n) is 3.80. The van der Waals surface area contributed by atoms with Crippen molar-refractivity contribution in [2.45, 2.75) is 13.8 Å². The van der Waals surface area contributed by atoms with Gasteiger partial charge in [-0.3, -0.25) is 4.98 Å². The molecule has 0 saturated heterocycles. The maximum Gasteiger partial charge on any atom is 0.233 e. The van der Waals surface area contributed by atoms with E-state index in [1.54, 1.807) is 19.5 Å². The highest BCUT2D eigenvalue weighted by molar-refractivity contribution is 5.37. The lowest BCUT2D eigenvalue weighted by atomic mass is 10.2. The fraction of sp³-hybridized carbons (Fsp3) is 0.636. The zero-order valence-corrected chi connectivity index (χ0v) is 10.2. The Labute approximate surface area is 96.6 Å². The fourth-order valence-electron chi connectivity index (χ4n) is 1.42. The first-order valence-electron chi connectivity index (χ1n) is 5.52. The molecule has 5 heteroatoms. The third kappa shape index (κ3) is 3.34. The van der Waals surface area contributed by atoms with Crippen LogP contribution < -0.4 is 15.4 Å². The van der Waals surface area contributed by atoms with E-state index in [9.17, 15) is 0 Å². The lowest BCUT2D eigenvalue weighted by Crippen LogP contribution is -2.32. The highest BCUT2D eigenvalue weighted by atomic mass is 16.5. The molecule has 1 rings (SSSR count). The third-order valence-corrected chi connectivity index (χ3v) is 2.45. The summed E-state index contributed by atoms with van der Waals surface area (Å²) in [4.78, 5) is 10.6. The Morgan fingerprint density at radius 2 is 2.25 bits per heavy atom. The van der Waals surface area contributed by atoms with E-state index in [2.05, 4.69) is 28.7 Å². The number of anilines is 1. The van der Waals surface area contributed by atoms with E-state index in [0.29, 0.717) is 18.3 Å². The Morgan fingerprint density at radius 3 is 2.81 bits per heavy atom. The van der Waals surface area contributed by atoms with Crippen molar-refractivity contribution in [3.05, 3.63) is 12.4 Å². The van der Waals surface area contributed by atoms with Crippen molar-refractivity contribution < 1.29 is 4.74 Å². The molecule has 0 aliphatic heterocycles. The molecule has 0 bridgehead atoms. The van der Waals surface area contributed by atoms with Gasteiger partial charge in [0.1, 0.15) is 0 Å². The summed E-state index contributed by atoms with van der Waals surface area (Å²) in [6.07, 6.45) is 3.35. The number of rotatable bonds is 6. The van der Waals surface area contributed by atoms with Gasteiger partial charge in [0.15, 0.2) is 5.82 Å². The molecule has 5 nitrogen and oxygen atoms in total. The molecule has 90 valence electrons. The molecule has 0 aliphatic rings. The number of nitrogens with zero attached hydrogens (tertiary/aromatic N) is 3. The molecule has 1 unspecified atom stereocenters. The maximum atomic E-state index is 5.62. The summed E-state index contributed by atoms with van der Waals surface area (Å²) < 4.78 is 5.06. The average molecular weight is 224 g/mol. The Bertz CT molecular complexity index is 319. The molecular formula is C11H20N4O. The van der Waals surface area contributed by atoms with Gasteiger partial charge in [-0.15, -0.1) is 0 Å². The van der Waals surface area contributed by atoms with Crippen molar-refractivity contribution in [2.24, 2.45) is 11.7 Å². The molecule has 0 spiro atoms. The SMILES string of the molecule is CCN(CC(C)CN)c1cncc(OC)n1. The molecule has 1 aromatic heterocycles. The summed E-state index contributed by atoms with van der Waals surface area (Å²) in [5.74, 6) is 1.81. The van der Waals surface area contributed by atoms with Crippen LogP contribution in [0.1, 0.15) is 13.8 Å². The number of hydrogen-bond acceptors (Lipinski definition) is 5. The highest BCUT2D eigenvalue weighted by Gasteiger charge is 2.10. The van der Waals surface area contributed by atoms with Crippen molar-refractivity contribution in [2.75, 3.05) is 31.6 Å². The second kappa shape index (κ2) is 6.27. The minimum Gasteiger partial charge on any atom is -0.480 e. The summed E-state index contributed by atoms with van der Waals surface area (Å²) in [7, 11) is 1.59. The summed E-state index contributed by atoms with van der Waals surface area (Å²) in [6.45, 7) is 6.65. The van der Waals surface area contributed by atoms with Crippen LogP contribution in [0.3, 0.4) is 0 Å². The van der Waals surface area contributed by atoms with E-state index in [0.717, 1.165) is 18.9 Å². The van der Waals surface area contributed by atoms with Gasteiger partial charge in [0.25, 0.3) is 0 Å². The maximum absolute atomic E-state index is 5.62. The Kier molecular flexibility index (Phi) is 4.98. The average Bonchev–Trinajstić information content (AvgIpc) is 2.35. The molecule has 1 heterocycles. The van der Waals surface area contributed by atoms with Crippen LogP contribution in [0, 0.1) is 5.92 Å². The Morgan fingerprint density at radius 1 is 1.50 bits per heavy atom. The molecule has 0 fully saturated rings. The van der Waals surface area contributed by atoms with Gasteiger partial charge in [-0.1, -0.05) is 6.92 Å². The monoisotopic (exact) mass is 224 g/mol. The van der Waals surface area contributed by atoms with Crippen LogP contribution in [0.25, 0.3) is 0 Å². The molecule has 0 saturated carbocycles. The summed E-state index contributed by atoms with van der Waals surface area (Å²) in [5, 5.41) is 0. The van der Waals surface area contributed by atoms with Crippen molar-refractivity contribution in [1.29, 1.82) is 0 Å². The predicted molar refractivity (Wildman–Crippen MR) is 64.7 cm³/mol. The van der Waals surface area contributed by atoms with E-state index in [1.165, 1.54) is 0 Å². The van der Waals surface area contributed by atoms with E-state index < -0.39 is 0 Å². The van der Waals surface area contributed by atoms with E-state index in [4.69, 9.17) is 10.5 Å². The molecule has 16 heavy (non-hydrogen) atoms. The number of aromatic nitrogens is 2. The first-order chi connectivity index (χ1) is 7.71. The molecule has 1 atom stereocenters. The zero-order chi connectivity index (χ0) is 12.0. The fourth-order valence-corrected chi connectivity index (χ4v) is 1.42. The molecule has 0 aromatic carbocycles. The first kappa shape index (κ1) is 12.7. The third-order valence-electron chi connectivity index (χ3n) is 2.45. The van der Waals surface area contributed by atoms with Crippen LogP contribution in [0.4, 0.5) is 5.82 Å². The van der Waals surface area contributed by atoms with Gasteiger partial charge in [0.2, 0.25) is 5.88 Å². The van der Waals surface area contributed by atoms with Crippen LogP contribution in [0.5, 0.6) is 5.88 Å². The molecule has 1 aromatic rings. The second-order valence-corrected chi connectivity index (χ2v) is 3.80. The first-order valence-corrected chi connectivity index (χ1v) is 5.52. The Hall–Kier alpha value is -1.36. The van der Waals surface area contributed by atoms with Crippen LogP contribution >= 0.6 is 0 Å². The summed E-state index contributed by atoms with van der Waals surface area (Å²) >= 11 is 0. The van der Waals surface area contributed by atoms with Crippen molar-refractivity contribution in [1.82, 2.24) is 9.97 Å². The lowest BCUT2D eigenvalue weighted by Gasteiger charge is -2.24.